The van der Waals surface area contributed by atoms with Crippen molar-refractivity contribution < 1.29 is 14.3 Å². The predicted octanol–water partition coefficient (Wildman–Crippen LogP) is 2.32. The first-order chi connectivity index (χ1) is 13.6. The van der Waals surface area contributed by atoms with E-state index in [0.717, 1.165) is 22.6 Å². The van der Waals surface area contributed by atoms with Crippen molar-refractivity contribution in [1.29, 1.82) is 0 Å². The van der Waals surface area contributed by atoms with Gasteiger partial charge in [0.1, 0.15) is 11.5 Å². The average molecular weight is 384 g/mol. The summed E-state index contributed by atoms with van der Waals surface area (Å²) < 4.78 is 10.6. The number of guanidine groups is 1. The summed E-state index contributed by atoms with van der Waals surface area (Å²) in [6.07, 6.45) is 0. The van der Waals surface area contributed by atoms with E-state index < -0.39 is 0 Å². The van der Waals surface area contributed by atoms with Crippen LogP contribution >= 0.6 is 0 Å². The van der Waals surface area contributed by atoms with Crippen molar-refractivity contribution in [2.75, 3.05) is 27.8 Å². The summed E-state index contributed by atoms with van der Waals surface area (Å²) in [4.78, 5) is 16.2. The molecule has 0 aliphatic heterocycles. The van der Waals surface area contributed by atoms with Crippen LogP contribution in [0.1, 0.15) is 28.4 Å². The van der Waals surface area contributed by atoms with Crippen LogP contribution in [-0.2, 0) is 13.1 Å². The third kappa shape index (κ3) is 5.90. The second kappa shape index (κ2) is 10.8. The largest absolute Gasteiger partial charge is 0.497 e. The number of nitrogens with one attached hydrogen (secondary N) is 3. The molecule has 0 bridgehead atoms. The van der Waals surface area contributed by atoms with Crippen molar-refractivity contribution in [3.8, 4) is 11.5 Å². The van der Waals surface area contributed by atoms with Crippen LogP contribution in [-0.4, -0.2) is 39.7 Å². The lowest BCUT2D eigenvalue weighted by Crippen LogP contribution is -2.36. The number of hydrogen-bond donors (Lipinski definition) is 3. The van der Waals surface area contributed by atoms with Gasteiger partial charge < -0.3 is 25.4 Å². The van der Waals surface area contributed by atoms with Gasteiger partial charge in [-0.3, -0.25) is 9.79 Å². The molecule has 1 amide bonds. The monoisotopic (exact) mass is 384 g/mol. The lowest BCUT2D eigenvalue weighted by Gasteiger charge is -2.15. The highest BCUT2D eigenvalue weighted by molar-refractivity contribution is 5.94. The highest BCUT2D eigenvalue weighted by Crippen LogP contribution is 2.24. The third-order valence-corrected chi connectivity index (χ3v) is 4.15. The molecule has 2 aromatic carbocycles. The van der Waals surface area contributed by atoms with E-state index in [0.29, 0.717) is 31.2 Å². The zero-order chi connectivity index (χ0) is 20.4. The normalized spacial score (nSPS) is 10.9. The summed E-state index contributed by atoms with van der Waals surface area (Å²) in [5.74, 6) is 2.08. The Labute approximate surface area is 166 Å². The molecule has 0 unspecified atom stereocenters. The maximum Gasteiger partial charge on any atom is 0.251 e. The fraction of sp³-hybridized carbons (Fsp3) is 0.333. The summed E-state index contributed by atoms with van der Waals surface area (Å²) in [6.45, 7) is 3.60. The number of carbonyl (C=O) groups is 1. The topological polar surface area (TPSA) is 84.0 Å². The van der Waals surface area contributed by atoms with Gasteiger partial charge in [-0.1, -0.05) is 12.1 Å². The van der Waals surface area contributed by atoms with E-state index in [1.165, 1.54) is 0 Å². The molecule has 0 spiro atoms. The molecule has 0 fully saturated rings. The smallest absolute Gasteiger partial charge is 0.251 e. The first-order valence-electron chi connectivity index (χ1n) is 9.13. The molecule has 7 heteroatoms. The summed E-state index contributed by atoms with van der Waals surface area (Å²) in [6, 6.07) is 13.2. The molecule has 0 radical (unpaired) electrons. The van der Waals surface area contributed by atoms with E-state index in [4.69, 9.17) is 9.47 Å². The summed E-state index contributed by atoms with van der Waals surface area (Å²) in [5.41, 5.74) is 2.63. The van der Waals surface area contributed by atoms with E-state index in [2.05, 4.69) is 20.9 Å². The van der Waals surface area contributed by atoms with Gasteiger partial charge in [-0.05, 0) is 36.8 Å². The van der Waals surface area contributed by atoms with Crippen LogP contribution in [0.25, 0.3) is 0 Å². The SMILES string of the molecule is CCNC(=O)c1cccc(CNC(=NC)NCc2ccc(OC)cc2OC)c1. The molecular formula is C21H28N4O3. The number of aliphatic imine (C=N–C) groups is 1. The molecule has 0 aliphatic carbocycles. The van der Waals surface area contributed by atoms with Crippen molar-refractivity contribution in [3.63, 3.8) is 0 Å². The molecule has 0 aliphatic rings. The van der Waals surface area contributed by atoms with E-state index in [1.54, 1.807) is 27.3 Å². The predicted molar refractivity (Wildman–Crippen MR) is 111 cm³/mol. The number of carbonyl (C=O) groups excluding carboxylic acids is 1. The Morgan fingerprint density at radius 3 is 2.46 bits per heavy atom. The molecule has 150 valence electrons. The number of amides is 1. The van der Waals surface area contributed by atoms with Crippen LogP contribution in [0.5, 0.6) is 11.5 Å². The van der Waals surface area contributed by atoms with E-state index in [1.807, 2.05) is 43.3 Å². The maximum atomic E-state index is 12.0. The highest BCUT2D eigenvalue weighted by Gasteiger charge is 2.08. The van der Waals surface area contributed by atoms with Gasteiger partial charge in [0.25, 0.3) is 5.91 Å². The number of methoxy groups -OCH3 is 2. The van der Waals surface area contributed by atoms with Crippen molar-refractivity contribution >= 4 is 11.9 Å². The quantitative estimate of drug-likeness (QED) is 0.481. The second-order valence-electron chi connectivity index (χ2n) is 6.02. The Bertz CT molecular complexity index is 821. The Kier molecular flexibility index (Phi) is 8.14. The summed E-state index contributed by atoms with van der Waals surface area (Å²) in [5, 5.41) is 9.33. The van der Waals surface area contributed by atoms with Crippen LogP contribution in [0.15, 0.2) is 47.5 Å². The van der Waals surface area contributed by atoms with Crippen molar-refractivity contribution in [3.05, 3.63) is 59.2 Å². The fourth-order valence-electron chi connectivity index (χ4n) is 2.67. The number of rotatable bonds is 8. The molecule has 3 N–H and O–H groups in total. The van der Waals surface area contributed by atoms with Crippen LogP contribution in [0.4, 0.5) is 0 Å². The molecule has 2 rings (SSSR count). The standard InChI is InChI=1S/C21H28N4O3/c1-5-23-20(26)16-8-6-7-15(11-16)13-24-21(22-2)25-14-17-9-10-18(27-3)12-19(17)28-4/h6-12H,5,13-14H2,1-4H3,(H,23,26)(H2,22,24,25). The Morgan fingerprint density at radius 1 is 1.00 bits per heavy atom. The van der Waals surface area contributed by atoms with Crippen LogP contribution in [0.2, 0.25) is 0 Å². The Hall–Kier alpha value is -3.22. The lowest BCUT2D eigenvalue weighted by molar-refractivity contribution is 0.0955. The maximum absolute atomic E-state index is 12.0. The minimum atomic E-state index is -0.0709. The Morgan fingerprint density at radius 2 is 1.79 bits per heavy atom. The number of ether oxygens (including phenoxy) is 2. The van der Waals surface area contributed by atoms with Gasteiger partial charge in [-0.2, -0.15) is 0 Å². The minimum absolute atomic E-state index is 0.0709. The fourth-order valence-corrected chi connectivity index (χ4v) is 2.67. The second-order valence-corrected chi connectivity index (χ2v) is 6.02. The highest BCUT2D eigenvalue weighted by atomic mass is 16.5. The molecule has 2 aromatic rings. The number of nitrogens with zero attached hydrogens (tertiary/aromatic N) is 1. The zero-order valence-corrected chi connectivity index (χ0v) is 16.8. The average Bonchev–Trinajstić information content (AvgIpc) is 2.74. The van der Waals surface area contributed by atoms with Gasteiger partial charge in [0, 0.05) is 43.9 Å². The molecule has 0 aromatic heterocycles. The molecule has 7 nitrogen and oxygen atoms in total. The van der Waals surface area contributed by atoms with Gasteiger partial charge in [0.2, 0.25) is 0 Å². The van der Waals surface area contributed by atoms with Crippen LogP contribution < -0.4 is 25.4 Å². The van der Waals surface area contributed by atoms with E-state index >= 15 is 0 Å². The van der Waals surface area contributed by atoms with Gasteiger partial charge in [-0.25, -0.2) is 0 Å². The lowest BCUT2D eigenvalue weighted by atomic mass is 10.1. The third-order valence-electron chi connectivity index (χ3n) is 4.15. The van der Waals surface area contributed by atoms with E-state index in [-0.39, 0.29) is 5.91 Å². The molecule has 0 atom stereocenters. The van der Waals surface area contributed by atoms with Gasteiger partial charge in [0.15, 0.2) is 5.96 Å². The first-order valence-corrected chi connectivity index (χ1v) is 9.13. The van der Waals surface area contributed by atoms with Crippen molar-refractivity contribution in [2.45, 2.75) is 20.0 Å². The van der Waals surface area contributed by atoms with Crippen LogP contribution in [0, 0.1) is 0 Å². The molecule has 0 heterocycles. The van der Waals surface area contributed by atoms with Gasteiger partial charge in [0.05, 0.1) is 14.2 Å². The number of hydrogen-bond acceptors (Lipinski definition) is 4. The number of benzene rings is 2. The van der Waals surface area contributed by atoms with E-state index in [9.17, 15) is 4.79 Å². The molecule has 0 saturated carbocycles. The van der Waals surface area contributed by atoms with Crippen molar-refractivity contribution in [2.24, 2.45) is 4.99 Å². The Balaban J connectivity index is 1.95. The molecule has 0 saturated heterocycles. The molecule has 28 heavy (non-hydrogen) atoms. The van der Waals surface area contributed by atoms with Crippen LogP contribution in [0.3, 0.4) is 0 Å². The first kappa shape index (κ1) is 21.1. The van der Waals surface area contributed by atoms with Gasteiger partial charge >= 0.3 is 0 Å². The summed E-state index contributed by atoms with van der Waals surface area (Å²) in [7, 11) is 4.97. The molecular weight excluding hydrogens is 356 g/mol. The van der Waals surface area contributed by atoms with Gasteiger partial charge in [-0.15, -0.1) is 0 Å². The summed E-state index contributed by atoms with van der Waals surface area (Å²) >= 11 is 0. The minimum Gasteiger partial charge on any atom is -0.497 e. The van der Waals surface area contributed by atoms with Crippen molar-refractivity contribution in [1.82, 2.24) is 16.0 Å². The zero-order valence-electron chi connectivity index (χ0n) is 16.8.